The minimum Gasteiger partial charge on any atom is -0.480 e. The smallest absolute Gasteiger partial charge is 0.317 e. The minimum absolute atomic E-state index is 0.00343. The molecule has 1 aliphatic carbocycles. The SMILES string of the molecule is CCC(C=O)c1cc2n(c(=O)c1COC)Cc1c-2nc2cc(F)c(C)c3c2c1CCC3.CNCC(=O)NC(C=O)[CH2][Pb].CNCC(=O)NCOCC(N)=O.CNCC(=O)O.O=CCNC(=O)CN1C(=O)C=CC1=O. The summed E-state index contributed by atoms with van der Waals surface area (Å²) in [6.45, 7) is 4.25. The number of methoxy groups -OCH3 is 1. The number of hydrogen-bond donors (Lipinski definition) is 8. The number of nitrogens with one attached hydrogen (secondary N) is 6. The number of benzene rings is 1. The topological polar surface area (TPSA) is 346 Å². The number of carbonyl (C=O) groups is 10. The number of carboxylic acids is 1. The van der Waals surface area contributed by atoms with Crippen molar-refractivity contribution < 1.29 is 66.9 Å². The first-order valence-electron chi connectivity index (χ1n) is 23.1. The Morgan fingerprint density at radius 2 is 1.54 bits per heavy atom. The first kappa shape index (κ1) is 63.6. The van der Waals surface area contributed by atoms with E-state index in [1.54, 1.807) is 32.8 Å². The average molecular weight is 1230 g/mol. The molecule has 2 aromatic heterocycles. The van der Waals surface area contributed by atoms with E-state index < -0.39 is 29.6 Å². The molecule has 26 heteroatoms. The third-order valence-electron chi connectivity index (χ3n) is 10.9. The second-order valence-electron chi connectivity index (χ2n) is 16.2. The molecule has 0 spiro atoms. The number of halogens is 1. The van der Waals surface area contributed by atoms with E-state index in [0.717, 1.165) is 101 Å². The molecular formula is C48H64FN10O14Pb. The Hall–Kier alpha value is -6.53. The molecule has 3 aromatic rings. The van der Waals surface area contributed by atoms with Crippen LogP contribution in [-0.2, 0) is 83.4 Å². The number of imide groups is 1. The Labute approximate surface area is 442 Å². The summed E-state index contributed by atoms with van der Waals surface area (Å²) in [4.78, 5) is 125. The summed E-state index contributed by atoms with van der Waals surface area (Å²) in [5, 5.41) is 23.9. The van der Waals surface area contributed by atoms with E-state index in [-0.39, 0.29) is 87.8 Å². The van der Waals surface area contributed by atoms with Gasteiger partial charge in [0.15, 0.2) is 0 Å². The fourth-order valence-electron chi connectivity index (χ4n) is 7.49. The number of ether oxygens (including phenoxy) is 2. The number of amides is 6. The molecular weight excluding hydrogens is 1170 g/mol. The normalized spacial score (nSPS) is 13.1. The van der Waals surface area contributed by atoms with Gasteiger partial charge in [-0.2, -0.15) is 0 Å². The molecule has 0 saturated carbocycles. The molecule has 74 heavy (non-hydrogen) atoms. The summed E-state index contributed by atoms with van der Waals surface area (Å²) in [6, 6.07) is 3.16. The third kappa shape index (κ3) is 19.1. The molecule has 6 amide bonds. The number of likely N-dealkylation sites (N-methyl/N-ethyl adjacent to an activating group) is 3. The quantitative estimate of drug-likeness (QED) is 0.0138. The first-order chi connectivity index (χ1) is 35.3. The molecule has 3 radical (unpaired) electrons. The standard InChI is InChI=1S/C25H25FN2O3.C8H8N2O4.C6H13N3O3.C6H11N2O2.C3H7NO2.Pb/c1-4-14(11-29)17-8-22-24-18(10-28(22)25(30)19(17)12-31-3)16-7-5-6-15-13(2)20(26)9-21(27-24)23(15)16;11-4-3-9-6(12)5-10-7(13)1-2-8(10)14;1-8-2-6(11)9-4-12-3-5(7)10;1-5(4-9)8-6(10)3-7-2;1-4-2-3(5)6;/h8-9,11,14H,4-7,10,12H2,1-3H3;1-2,4H,3,5H2,(H,9,12);8H,2-4H2,1H3,(H2,7,10)(H,9,11);4-5,7H,1,3H2,2H3,(H,8,10);4H,2H2,1H3,(H,5,6);. The van der Waals surface area contributed by atoms with Crippen molar-refractivity contribution >= 4 is 96.9 Å². The van der Waals surface area contributed by atoms with Crippen LogP contribution in [0, 0.1) is 12.7 Å². The summed E-state index contributed by atoms with van der Waals surface area (Å²) in [5.74, 6) is -3.88. The molecule has 0 fully saturated rings. The van der Waals surface area contributed by atoms with Crippen molar-refractivity contribution in [2.45, 2.75) is 68.6 Å². The number of fused-ring (bicyclic) bond motifs is 4. The van der Waals surface area contributed by atoms with Gasteiger partial charge in [-0.1, -0.05) is 6.92 Å². The Bertz CT molecular complexity index is 2590. The van der Waals surface area contributed by atoms with Crippen molar-refractivity contribution in [2.24, 2.45) is 5.73 Å². The van der Waals surface area contributed by atoms with Crippen molar-refractivity contribution in [3.63, 3.8) is 0 Å². The average Bonchev–Trinajstić information content (AvgIpc) is 3.90. The van der Waals surface area contributed by atoms with Crippen LogP contribution in [0.15, 0.2) is 29.1 Å². The number of primary amides is 1. The zero-order chi connectivity index (χ0) is 55.5. The molecule has 401 valence electrons. The maximum atomic E-state index is 14.6. The number of aldehydes is 3. The molecule has 2 atom stereocenters. The van der Waals surface area contributed by atoms with Gasteiger partial charge in [0.05, 0.1) is 49.7 Å². The number of nitrogens with two attached hydrogens (primary N) is 1. The van der Waals surface area contributed by atoms with Crippen molar-refractivity contribution in [2.75, 3.05) is 74.3 Å². The van der Waals surface area contributed by atoms with E-state index in [2.05, 4.69) is 36.6 Å². The van der Waals surface area contributed by atoms with Crippen molar-refractivity contribution in [1.29, 1.82) is 0 Å². The van der Waals surface area contributed by atoms with E-state index in [4.69, 9.17) is 20.6 Å². The van der Waals surface area contributed by atoms with Gasteiger partial charge in [-0.05, 0) is 75.0 Å². The fraction of sp³-hybridized carbons (Fsp3) is 0.458. The van der Waals surface area contributed by atoms with Crippen LogP contribution in [-0.4, -0.2) is 186 Å². The summed E-state index contributed by atoms with van der Waals surface area (Å²) in [6.07, 6.45) is 7.67. The van der Waals surface area contributed by atoms with Crippen LogP contribution in [0.25, 0.3) is 22.3 Å². The van der Waals surface area contributed by atoms with Crippen molar-refractivity contribution in [3.05, 3.63) is 73.8 Å². The van der Waals surface area contributed by atoms with Crippen molar-refractivity contribution in [3.8, 4) is 11.4 Å². The van der Waals surface area contributed by atoms with E-state index >= 15 is 0 Å². The van der Waals surface area contributed by atoms with E-state index in [9.17, 15) is 57.1 Å². The maximum absolute atomic E-state index is 14.6. The molecule has 24 nitrogen and oxygen atoms in total. The zero-order valence-corrected chi connectivity index (χ0v) is 46.0. The summed E-state index contributed by atoms with van der Waals surface area (Å²) < 4.78 is 27.1. The molecule has 1 aromatic carbocycles. The minimum atomic E-state index is -0.822. The van der Waals surface area contributed by atoms with Crippen LogP contribution in [0.4, 0.5) is 4.39 Å². The molecule has 0 saturated heterocycles. The van der Waals surface area contributed by atoms with Crippen LogP contribution in [0.2, 0.25) is 3.98 Å². The molecule has 9 N–H and O–H groups in total. The maximum Gasteiger partial charge on any atom is 0.317 e. The third-order valence-corrected chi connectivity index (χ3v) is 12.6. The van der Waals surface area contributed by atoms with Crippen LogP contribution in [0.3, 0.4) is 0 Å². The number of rotatable bonds is 22. The summed E-state index contributed by atoms with van der Waals surface area (Å²) in [7, 11) is 6.49. The summed E-state index contributed by atoms with van der Waals surface area (Å²) in [5.41, 5.74) is 11.9. The van der Waals surface area contributed by atoms with Gasteiger partial charge >= 0.3 is 87.8 Å². The number of carbonyl (C=O) groups excluding carboxylic acids is 9. The number of aryl methyl sites for hydroxylation is 2. The Morgan fingerprint density at radius 1 is 0.905 bits per heavy atom. The Balaban J connectivity index is 0.000000364. The summed E-state index contributed by atoms with van der Waals surface area (Å²) >= 11 is 0.925. The number of nitrogens with zero attached hydrogens (tertiary/aromatic N) is 3. The number of pyridine rings is 2. The predicted molar refractivity (Wildman–Crippen MR) is 268 cm³/mol. The number of carboxylic acid groups (broad SMARTS) is 1. The molecule has 0 bridgehead atoms. The fourth-order valence-corrected chi connectivity index (χ4v) is 8.26. The largest absolute Gasteiger partial charge is 0.480 e. The van der Waals surface area contributed by atoms with Crippen LogP contribution < -0.4 is 43.2 Å². The van der Waals surface area contributed by atoms with Crippen LogP contribution in [0.1, 0.15) is 59.1 Å². The van der Waals surface area contributed by atoms with E-state index in [0.29, 0.717) is 47.2 Å². The van der Waals surface area contributed by atoms with Gasteiger partial charge in [-0.15, -0.1) is 0 Å². The van der Waals surface area contributed by atoms with Gasteiger partial charge in [0.2, 0.25) is 17.7 Å². The predicted octanol–water partition coefficient (Wildman–Crippen LogP) is -2.03. The van der Waals surface area contributed by atoms with Gasteiger partial charge < -0.3 is 55.7 Å². The van der Waals surface area contributed by atoms with E-state index in [1.165, 1.54) is 11.6 Å². The van der Waals surface area contributed by atoms with E-state index in [1.807, 2.05) is 19.9 Å². The van der Waals surface area contributed by atoms with Crippen LogP contribution >= 0.6 is 0 Å². The molecule has 4 heterocycles. The zero-order valence-electron chi connectivity index (χ0n) is 42.1. The van der Waals surface area contributed by atoms with Crippen LogP contribution in [0.5, 0.6) is 0 Å². The molecule has 2 unspecified atom stereocenters. The monoisotopic (exact) mass is 1230 g/mol. The second-order valence-corrected chi connectivity index (χ2v) is 17.8. The molecule has 3 aliphatic rings. The number of hydrogen-bond acceptors (Lipinski definition) is 17. The Morgan fingerprint density at radius 3 is 2.07 bits per heavy atom. The second kappa shape index (κ2) is 33.3. The first-order valence-corrected chi connectivity index (χ1v) is 25.8. The van der Waals surface area contributed by atoms with Gasteiger partial charge in [-0.3, -0.25) is 38.5 Å². The number of aliphatic carboxylic acids is 1. The van der Waals surface area contributed by atoms with Crippen molar-refractivity contribution in [1.82, 2.24) is 46.4 Å². The number of aromatic nitrogens is 2. The Kier molecular flexibility index (Phi) is 28.6. The molecule has 6 rings (SSSR count). The van der Waals surface area contributed by atoms with Gasteiger partial charge in [0.25, 0.3) is 17.4 Å². The van der Waals surface area contributed by atoms with Gasteiger partial charge in [0, 0.05) is 47.8 Å². The molecule has 2 aliphatic heterocycles. The van der Waals surface area contributed by atoms with Gasteiger partial charge in [-0.25, -0.2) is 9.37 Å². The van der Waals surface area contributed by atoms with Gasteiger partial charge in [0.1, 0.15) is 38.3 Å².